The van der Waals surface area contributed by atoms with Gasteiger partial charge in [-0.05, 0) is 19.9 Å². The molecular weight excluding hydrogens is 266 g/mol. The van der Waals surface area contributed by atoms with Crippen LogP contribution in [0.2, 0.25) is 0 Å². The van der Waals surface area contributed by atoms with Crippen molar-refractivity contribution in [3.63, 3.8) is 0 Å². The van der Waals surface area contributed by atoms with E-state index in [1.165, 1.54) is 0 Å². The van der Waals surface area contributed by atoms with Crippen LogP contribution in [0, 0.1) is 11.3 Å². The van der Waals surface area contributed by atoms with E-state index in [1.54, 1.807) is 12.3 Å². The van der Waals surface area contributed by atoms with Gasteiger partial charge >= 0.3 is 0 Å². The van der Waals surface area contributed by atoms with Crippen LogP contribution >= 0.6 is 0 Å². The van der Waals surface area contributed by atoms with Crippen LogP contribution in [0.1, 0.15) is 19.5 Å². The molecule has 0 aliphatic carbocycles. The second-order valence-corrected chi connectivity index (χ2v) is 5.40. The largest absolute Gasteiger partial charge is 0.366 e. The molecule has 0 amide bonds. The maximum absolute atomic E-state index is 9.07. The molecule has 2 aromatic heterocycles. The van der Waals surface area contributed by atoms with E-state index in [9.17, 15) is 0 Å². The molecule has 0 unspecified atom stereocenters. The maximum Gasteiger partial charge on any atom is 0.223 e. The highest BCUT2D eigenvalue weighted by Crippen LogP contribution is 2.22. The number of nitrogens with one attached hydrogen (secondary N) is 3. The number of hydrogen-bond donors (Lipinski definition) is 3. The van der Waals surface area contributed by atoms with Crippen LogP contribution in [0.4, 0.5) is 11.8 Å². The molecule has 108 valence electrons. The predicted octanol–water partition coefficient (Wildman–Crippen LogP) is 1.10. The molecule has 7 heteroatoms. The van der Waals surface area contributed by atoms with Gasteiger partial charge in [-0.25, -0.2) is 15.0 Å². The molecule has 3 heterocycles. The van der Waals surface area contributed by atoms with E-state index in [1.807, 2.05) is 13.8 Å². The van der Waals surface area contributed by atoms with Crippen molar-refractivity contribution in [2.24, 2.45) is 0 Å². The Labute approximate surface area is 122 Å². The third kappa shape index (κ3) is 2.85. The van der Waals surface area contributed by atoms with Gasteiger partial charge in [0.1, 0.15) is 17.3 Å². The van der Waals surface area contributed by atoms with E-state index in [0.29, 0.717) is 23.5 Å². The molecule has 21 heavy (non-hydrogen) atoms. The second-order valence-electron chi connectivity index (χ2n) is 5.40. The van der Waals surface area contributed by atoms with Gasteiger partial charge < -0.3 is 16.0 Å². The molecule has 0 saturated carbocycles. The number of hydrogen-bond acceptors (Lipinski definition) is 7. The van der Waals surface area contributed by atoms with Crippen LogP contribution in [-0.2, 0) is 0 Å². The van der Waals surface area contributed by atoms with Gasteiger partial charge in [0, 0.05) is 30.7 Å². The van der Waals surface area contributed by atoms with Crippen molar-refractivity contribution < 1.29 is 0 Å². The van der Waals surface area contributed by atoms with Gasteiger partial charge in [-0.3, -0.25) is 0 Å². The Morgan fingerprint density at radius 1 is 1.38 bits per heavy atom. The summed E-state index contributed by atoms with van der Waals surface area (Å²) < 4.78 is 0. The van der Waals surface area contributed by atoms with Crippen LogP contribution in [0.5, 0.6) is 0 Å². The number of pyridine rings is 1. The number of anilines is 2. The number of aromatic nitrogens is 3. The molecule has 3 N–H and O–H groups in total. The minimum Gasteiger partial charge on any atom is -0.366 e. The Hall–Kier alpha value is -2.46. The highest BCUT2D eigenvalue weighted by molar-refractivity contribution is 5.89. The lowest BCUT2D eigenvalue weighted by molar-refractivity contribution is 0.470. The van der Waals surface area contributed by atoms with E-state index in [-0.39, 0.29) is 6.04 Å². The highest BCUT2D eigenvalue weighted by atomic mass is 15.2. The van der Waals surface area contributed by atoms with Gasteiger partial charge in [-0.2, -0.15) is 5.26 Å². The standard InChI is InChI=1S/C14H17N7/c1-8(2)18-13-12-9(3-10(4-15)19-13)5-17-14(21-12)20-11-6-16-7-11/h3,5,8,11,16H,6-7H2,1-2H3,(H,18,19)(H,17,20,21). The molecule has 1 aliphatic rings. The van der Waals surface area contributed by atoms with Crippen LogP contribution in [0.25, 0.3) is 10.9 Å². The summed E-state index contributed by atoms with van der Waals surface area (Å²) in [6.07, 6.45) is 1.73. The molecule has 1 fully saturated rings. The lowest BCUT2D eigenvalue weighted by Crippen LogP contribution is -2.51. The van der Waals surface area contributed by atoms with Crippen molar-refractivity contribution >= 4 is 22.7 Å². The Balaban J connectivity index is 2.02. The van der Waals surface area contributed by atoms with Gasteiger partial charge in [-0.15, -0.1) is 0 Å². The van der Waals surface area contributed by atoms with Gasteiger partial charge in [0.05, 0.1) is 6.04 Å². The van der Waals surface area contributed by atoms with Crippen LogP contribution < -0.4 is 16.0 Å². The molecule has 3 rings (SSSR count). The summed E-state index contributed by atoms with van der Waals surface area (Å²) in [4.78, 5) is 13.2. The summed E-state index contributed by atoms with van der Waals surface area (Å²) in [6, 6.07) is 4.35. The van der Waals surface area contributed by atoms with Crippen molar-refractivity contribution in [3.8, 4) is 6.07 Å². The van der Waals surface area contributed by atoms with E-state index >= 15 is 0 Å². The topological polar surface area (TPSA) is 98.5 Å². The van der Waals surface area contributed by atoms with Crippen LogP contribution in [0.3, 0.4) is 0 Å². The molecule has 0 bridgehead atoms. The monoisotopic (exact) mass is 283 g/mol. The predicted molar refractivity (Wildman–Crippen MR) is 81.1 cm³/mol. The third-order valence-electron chi connectivity index (χ3n) is 3.22. The fraction of sp³-hybridized carbons (Fsp3) is 0.429. The van der Waals surface area contributed by atoms with E-state index in [4.69, 9.17) is 5.26 Å². The summed E-state index contributed by atoms with van der Waals surface area (Å²) in [5.41, 5.74) is 1.09. The Bertz CT molecular complexity index is 700. The maximum atomic E-state index is 9.07. The Morgan fingerprint density at radius 3 is 2.81 bits per heavy atom. The van der Waals surface area contributed by atoms with Gasteiger partial charge in [0.15, 0.2) is 5.82 Å². The quantitative estimate of drug-likeness (QED) is 0.772. The number of nitriles is 1. The van der Waals surface area contributed by atoms with E-state index in [2.05, 4.69) is 37.0 Å². The molecule has 0 spiro atoms. The summed E-state index contributed by atoms with van der Waals surface area (Å²) in [5, 5.41) is 19.6. The minimum absolute atomic E-state index is 0.205. The highest BCUT2D eigenvalue weighted by Gasteiger charge is 2.18. The Morgan fingerprint density at radius 2 is 2.19 bits per heavy atom. The van der Waals surface area contributed by atoms with Crippen molar-refractivity contribution in [2.75, 3.05) is 23.7 Å². The molecule has 2 aromatic rings. The minimum atomic E-state index is 0.205. The van der Waals surface area contributed by atoms with Crippen LogP contribution in [0.15, 0.2) is 12.3 Å². The second kappa shape index (κ2) is 5.50. The first-order chi connectivity index (χ1) is 10.2. The van der Waals surface area contributed by atoms with Gasteiger partial charge in [-0.1, -0.05) is 0 Å². The molecule has 0 aromatic carbocycles. The smallest absolute Gasteiger partial charge is 0.223 e. The normalized spacial score (nSPS) is 14.8. The summed E-state index contributed by atoms with van der Waals surface area (Å²) >= 11 is 0. The molecule has 1 aliphatic heterocycles. The molecule has 0 radical (unpaired) electrons. The van der Waals surface area contributed by atoms with E-state index in [0.717, 1.165) is 24.0 Å². The number of nitrogens with zero attached hydrogens (tertiary/aromatic N) is 4. The molecular formula is C14H17N7. The summed E-state index contributed by atoms with van der Waals surface area (Å²) in [5.74, 6) is 1.21. The third-order valence-corrected chi connectivity index (χ3v) is 3.22. The van der Waals surface area contributed by atoms with Crippen molar-refractivity contribution in [3.05, 3.63) is 18.0 Å². The SMILES string of the molecule is CC(C)Nc1nc(C#N)cc2cnc(NC3CNC3)nc12. The van der Waals surface area contributed by atoms with Crippen molar-refractivity contribution in [1.29, 1.82) is 5.26 Å². The van der Waals surface area contributed by atoms with Crippen LogP contribution in [-0.4, -0.2) is 40.1 Å². The van der Waals surface area contributed by atoms with Gasteiger partial charge in [0.25, 0.3) is 0 Å². The first-order valence-corrected chi connectivity index (χ1v) is 6.97. The van der Waals surface area contributed by atoms with Crippen molar-refractivity contribution in [1.82, 2.24) is 20.3 Å². The average Bonchev–Trinajstić information content (AvgIpc) is 2.42. The lowest BCUT2D eigenvalue weighted by Gasteiger charge is -2.27. The van der Waals surface area contributed by atoms with E-state index < -0.39 is 0 Å². The van der Waals surface area contributed by atoms with Gasteiger partial charge in [0.2, 0.25) is 5.95 Å². The summed E-state index contributed by atoms with van der Waals surface area (Å²) in [7, 11) is 0. The zero-order valence-corrected chi connectivity index (χ0v) is 12.0. The summed E-state index contributed by atoms with van der Waals surface area (Å²) in [6.45, 7) is 5.88. The Kier molecular flexibility index (Phi) is 3.54. The number of rotatable bonds is 4. The fourth-order valence-electron chi connectivity index (χ4n) is 2.11. The lowest BCUT2D eigenvalue weighted by atomic mass is 10.2. The molecule has 0 atom stereocenters. The van der Waals surface area contributed by atoms with Crippen molar-refractivity contribution in [2.45, 2.75) is 25.9 Å². The fourth-order valence-corrected chi connectivity index (χ4v) is 2.11. The molecule has 7 nitrogen and oxygen atoms in total. The average molecular weight is 283 g/mol. The first-order valence-electron chi connectivity index (χ1n) is 6.97. The number of fused-ring (bicyclic) bond motifs is 1. The first kappa shape index (κ1) is 13.5. The zero-order valence-electron chi connectivity index (χ0n) is 12.0. The molecule has 1 saturated heterocycles. The zero-order chi connectivity index (χ0) is 14.8.